The predicted octanol–water partition coefficient (Wildman–Crippen LogP) is 3.94. The van der Waals surface area contributed by atoms with Gasteiger partial charge in [-0.2, -0.15) is 5.10 Å². The summed E-state index contributed by atoms with van der Waals surface area (Å²) < 4.78 is 12.1. The summed E-state index contributed by atoms with van der Waals surface area (Å²) >= 11 is 0. The molecular weight excluding hydrogens is 460 g/mol. The van der Waals surface area contributed by atoms with Crippen LogP contribution in [0.25, 0.3) is 10.8 Å². The highest BCUT2D eigenvalue weighted by atomic mass is 16.5. The summed E-state index contributed by atoms with van der Waals surface area (Å²) in [5, 5.41) is 8.07. The zero-order chi connectivity index (χ0) is 25.7. The lowest BCUT2D eigenvalue weighted by Crippen LogP contribution is -2.39. The largest absolute Gasteiger partial charge is 0.495 e. The number of fused-ring (bicyclic) bond motifs is 1. The lowest BCUT2D eigenvalue weighted by Gasteiger charge is -2.22. The second-order valence-corrected chi connectivity index (χ2v) is 8.76. The van der Waals surface area contributed by atoms with Crippen molar-refractivity contribution in [1.29, 1.82) is 0 Å². The van der Waals surface area contributed by atoms with Crippen molar-refractivity contribution >= 4 is 28.3 Å². The van der Waals surface area contributed by atoms with E-state index in [2.05, 4.69) is 10.4 Å². The number of rotatable bonds is 9. The molecule has 36 heavy (non-hydrogen) atoms. The van der Waals surface area contributed by atoms with Crippen LogP contribution in [0.5, 0.6) is 5.75 Å². The molecule has 0 fully saturated rings. The van der Waals surface area contributed by atoms with Crippen molar-refractivity contribution in [2.24, 2.45) is 5.92 Å². The van der Waals surface area contributed by atoms with Gasteiger partial charge in [0.1, 0.15) is 18.1 Å². The summed E-state index contributed by atoms with van der Waals surface area (Å²) in [4.78, 5) is 41.2. The van der Waals surface area contributed by atoms with Crippen LogP contribution in [0.1, 0.15) is 30.1 Å². The van der Waals surface area contributed by atoms with Crippen LogP contribution < -0.4 is 15.6 Å². The fourth-order valence-corrected chi connectivity index (χ4v) is 3.91. The van der Waals surface area contributed by atoms with E-state index >= 15 is 0 Å². The van der Waals surface area contributed by atoms with Crippen molar-refractivity contribution in [2.45, 2.75) is 26.9 Å². The Morgan fingerprint density at radius 3 is 2.47 bits per heavy atom. The maximum Gasteiger partial charge on any atom is 0.275 e. The maximum absolute atomic E-state index is 13.8. The van der Waals surface area contributed by atoms with Crippen LogP contribution in [0.4, 0.5) is 5.69 Å². The molecule has 0 aliphatic carbocycles. The standard InChI is InChI=1S/C27H28N4O5/c1-18(2)15-31-26(33)21-11-5-4-10-20(21)25(29-31)27(34)30(16-19-9-8-14-36-19)17-24(32)28-22-12-6-7-13-23(22)35-3/h4-14,18H,15-17H2,1-3H3,(H,28,32). The second kappa shape index (κ2) is 10.9. The zero-order valence-corrected chi connectivity index (χ0v) is 20.4. The monoisotopic (exact) mass is 488 g/mol. The van der Waals surface area contributed by atoms with Crippen molar-refractivity contribution in [1.82, 2.24) is 14.7 Å². The molecule has 0 unspecified atom stereocenters. The Bertz CT molecular complexity index is 1430. The number of aromatic nitrogens is 2. The van der Waals surface area contributed by atoms with Gasteiger partial charge in [0.2, 0.25) is 5.91 Å². The Hall–Kier alpha value is -4.40. The second-order valence-electron chi connectivity index (χ2n) is 8.76. The molecular formula is C27H28N4O5. The normalized spacial score (nSPS) is 11.0. The van der Waals surface area contributed by atoms with Gasteiger partial charge in [0, 0.05) is 11.9 Å². The molecule has 0 aliphatic rings. The molecule has 0 aliphatic heterocycles. The number of ether oxygens (including phenoxy) is 1. The first-order chi connectivity index (χ1) is 17.4. The van der Waals surface area contributed by atoms with Gasteiger partial charge in [-0.3, -0.25) is 14.4 Å². The molecule has 1 N–H and O–H groups in total. The summed E-state index contributed by atoms with van der Waals surface area (Å²) in [6.45, 7) is 4.07. The van der Waals surface area contributed by atoms with E-state index in [4.69, 9.17) is 9.15 Å². The van der Waals surface area contributed by atoms with Crippen molar-refractivity contribution in [3.05, 3.63) is 88.7 Å². The summed E-state index contributed by atoms with van der Waals surface area (Å²) in [6.07, 6.45) is 1.50. The Labute approximate surface area is 208 Å². The molecule has 9 heteroatoms. The number of carbonyl (C=O) groups is 2. The van der Waals surface area contributed by atoms with Crippen LogP contribution in [0, 0.1) is 5.92 Å². The molecule has 0 saturated carbocycles. The minimum Gasteiger partial charge on any atom is -0.495 e. The third-order valence-corrected chi connectivity index (χ3v) is 5.54. The number of furan rings is 1. The molecule has 0 radical (unpaired) electrons. The molecule has 0 atom stereocenters. The van der Waals surface area contributed by atoms with E-state index in [-0.39, 0.29) is 30.3 Å². The third-order valence-electron chi connectivity index (χ3n) is 5.54. The first-order valence-corrected chi connectivity index (χ1v) is 11.6. The van der Waals surface area contributed by atoms with Gasteiger partial charge in [0.05, 0.1) is 31.0 Å². The smallest absolute Gasteiger partial charge is 0.275 e. The van der Waals surface area contributed by atoms with Gasteiger partial charge < -0.3 is 19.4 Å². The van der Waals surface area contributed by atoms with E-state index in [0.29, 0.717) is 34.5 Å². The molecule has 9 nitrogen and oxygen atoms in total. The van der Waals surface area contributed by atoms with Crippen LogP contribution >= 0.6 is 0 Å². The van der Waals surface area contributed by atoms with Gasteiger partial charge in [0.15, 0.2) is 5.69 Å². The van der Waals surface area contributed by atoms with E-state index in [1.807, 2.05) is 13.8 Å². The van der Waals surface area contributed by atoms with Crippen molar-refractivity contribution < 1.29 is 18.7 Å². The molecule has 186 valence electrons. The molecule has 4 aromatic rings. The number of hydrogen-bond acceptors (Lipinski definition) is 6. The third kappa shape index (κ3) is 5.46. The van der Waals surface area contributed by atoms with Gasteiger partial charge in [0.25, 0.3) is 11.5 Å². The van der Waals surface area contributed by atoms with Gasteiger partial charge in [-0.1, -0.05) is 44.2 Å². The van der Waals surface area contributed by atoms with E-state index in [1.165, 1.54) is 23.0 Å². The average Bonchev–Trinajstić information content (AvgIpc) is 3.38. The first-order valence-electron chi connectivity index (χ1n) is 11.6. The zero-order valence-electron chi connectivity index (χ0n) is 20.4. The molecule has 2 aromatic heterocycles. The predicted molar refractivity (Wildman–Crippen MR) is 136 cm³/mol. The first kappa shape index (κ1) is 24.7. The minimum atomic E-state index is -0.490. The molecule has 0 saturated heterocycles. The quantitative estimate of drug-likeness (QED) is 0.383. The Balaban J connectivity index is 1.71. The lowest BCUT2D eigenvalue weighted by atomic mass is 10.1. The molecule has 2 aromatic carbocycles. The number of nitrogens with zero attached hydrogens (tertiary/aromatic N) is 3. The number of nitrogens with one attached hydrogen (secondary N) is 1. The topological polar surface area (TPSA) is 107 Å². The highest BCUT2D eigenvalue weighted by molar-refractivity contribution is 6.06. The van der Waals surface area contributed by atoms with E-state index in [0.717, 1.165) is 0 Å². The number of benzene rings is 2. The van der Waals surface area contributed by atoms with Crippen LogP contribution in [-0.2, 0) is 17.9 Å². The van der Waals surface area contributed by atoms with Crippen LogP contribution in [0.3, 0.4) is 0 Å². The fraction of sp³-hybridized carbons (Fsp3) is 0.259. The number of carbonyl (C=O) groups excluding carboxylic acids is 2. The summed E-state index contributed by atoms with van der Waals surface area (Å²) in [6, 6.07) is 17.3. The maximum atomic E-state index is 13.8. The minimum absolute atomic E-state index is 0.0461. The number of para-hydroxylation sites is 2. The summed E-state index contributed by atoms with van der Waals surface area (Å²) in [7, 11) is 1.51. The van der Waals surface area contributed by atoms with Crippen LogP contribution in [-0.4, -0.2) is 40.1 Å². The van der Waals surface area contributed by atoms with E-state index < -0.39 is 11.8 Å². The highest BCUT2D eigenvalue weighted by Gasteiger charge is 2.25. The molecule has 4 rings (SSSR count). The van der Waals surface area contributed by atoms with Crippen molar-refractivity contribution in [3.63, 3.8) is 0 Å². The average molecular weight is 489 g/mol. The Morgan fingerprint density at radius 2 is 1.78 bits per heavy atom. The number of hydrogen-bond donors (Lipinski definition) is 1. The number of anilines is 1. The van der Waals surface area contributed by atoms with Crippen LogP contribution in [0.15, 0.2) is 76.1 Å². The molecule has 2 heterocycles. The van der Waals surface area contributed by atoms with Gasteiger partial charge >= 0.3 is 0 Å². The highest BCUT2D eigenvalue weighted by Crippen LogP contribution is 2.23. The van der Waals surface area contributed by atoms with Gasteiger partial charge in [-0.25, -0.2) is 4.68 Å². The Kier molecular flexibility index (Phi) is 7.48. The summed E-state index contributed by atoms with van der Waals surface area (Å²) in [5.74, 6) is 0.246. The van der Waals surface area contributed by atoms with Crippen LogP contribution in [0.2, 0.25) is 0 Å². The lowest BCUT2D eigenvalue weighted by molar-refractivity contribution is -0.117. The Morgan fingerprint density at radius 1 is 1.06 bits per heavy atom. The molecule has 0 spiro atoms. The number of amides is 2. The SMILES string of the molecule is COc1ccccc1NC(=O)CN(Cc1ccco1)C(=O)c1nn(CC(C)C)c(=O)c2ccccc12. The summed E-state index contributed by atoms with van der Waals surface area (Å²) in [5.41, 5.74) is 0.328. The van der Waals surface area contributed by atoms with Gasteiger partial charge in [-0.15, -0.1) is 0 Å². The fourth-order valence-electron chi connectivity index (χ4n) is 3.91. The number of methoxy groups -OCH3 is 1. The van der Waals surface area contributed by atoms with Gasteiger partial charge in [-0.05, 0) is 36.2 Å². The van der Waals surface area contributed by atoms with Crippen molar-refractivity contribution in [3.8, 4) is 5.75 Å². The molecule has 0 bridgehead atoms. The molecule has 2 amide bonds. The van der Waals surface area contributed by atoms with E-state index in [9.17, 15) is 14.4 Å². The van der Waals surface area contributed by atoms with E-state index in [1.54, 1.807) is 60.7 Å². The van der Waals surface area contributed by atoms with Crippen molar-refractivity contribution in [2.75, 3.05) is 19.0 Å².